The first-order valence-electron chi connectivity index (χ1n) is 5.71. The zero-order valence-electron chi connectivity index (χ0n) is 10.2. The van der Waals surface area contributed by atoms with Crippen LogP contribution < -0.4 is 0 Å². The maximum atomic E-state index is 11.1. The van der Waals surface area contributed by atoms with E-state index in [0.717, 1.165) is 16.5 Å². The smallest absolute Gasteiger partial charge is 0.310 e. The fourth-order valence-corrected chi connectivity index (χ4v) is 2.02. The number of carboxylic acids is 1. The molecule has 17 heavy (non-hydrogen) atoms. The van der Waals surface area contributed by atoms with Crippen molar-refractivity contribution in [1.82, 2.24) is 9.78 Å². The maximum Gasteiger partial charge on any atom is 0.310 e. The third kappa shape index (κ3) is 1.90. The van der Waals surface area contributed by atoms with Crippen LogP contribution in [0.15, 0.2) is 24.4 Å². The second-order valence-electron chi connectivity index (χ2n) is 4.52. The molecule has 1 aromatic heterocycles. The van der Waals surface area contributed by atoms with Crippen LogP contribution in [-0.2, 0) is 4.79 Å². The van der Waals surface area contributed by atoms with Crippen molar-refractivity contribution in [2.45, 2.75) is 32.7 Å². The van der Waals surface area contributed by atoms with Gasteiger partial charge in [0.1, 0.15) is 0 Å². The SMILES string of the molecule is CC(C(=O)O)c1cccc2c1cnn2C(C)C. The van der Waals surface area contributed by atoms with Crippen molar-refractivity contribution in [1.29, 1.82) is 0 Å². The first-order chi connectivity index (χ1) is 8.02. The van der Waals surface area contributed by atoms with Gasteiger partial charge >= 0.3 is 5.97 Å². The molecule has 0 fully saturated rings. The average molecular weight is 232 g/mol. The predicted molar refractivity (Wildman–Crippen MR) is 66.2 cm³/mol. The number of carbonyl (C=O) groups is 1. The number of benzene rings is 1. The van der Waals surface area contributed by atoms with E-state index in [0.29, 0.717) is 0 Å². The number of rotatable bonds is 3. The second-order valence-corrected chi connectivity index (χ2v) is 4.52. The van der Waals surface area contributed by atoms with Gasteiger partial charge in [0.05, 0.1) is 17.6 Å². The van der Waals surface area contributed by atoms with E-state index in [-0.39, 0.29) is 6.04 Å². The lowest BCUT2D eigenvalue weighted by Gasteiger charge is -2.10. The lowest BCUT2D eigenvalue weighted by molar-refractivity contribution is -0.138. The van der Waals surface area contributed by atoms with Gasteiger partial charge in [-0.05, 0) is 32.4 Å². The summed E-state index contributed by atoms with van der Waals surface area (Å²) in [5.74, 6) is -1.32. The minimum absolute atomic E-state index is 0.267. The number of hydrogen-bond acceptors (Lipinski definition) is 2. The van der Waals surface area contributed by atoms with Gasteiger partial charge in [-0.2, -0.15) is 5.10 Å². The summed E-state index contributed by atoms with van der Waals surface area (Å²) >= 11 is 0. The summed E-state index contributed by atoms with van der Waals surface area (Å²) < 4.78 is 1.91. The molecule has 1 atom stereocenters. The van der Waals surface area contributed by atoms with Crippen molar-refractivity contribution in [2.75, 3.05) is 0 Å². The van der Waals surface area contributed by atoms with Gasteiger partial charge in [-0.25, -0.2) is 0 Å². The summed E-state index contributed by atoms with van der Waals surface area (Å²) in [4.78, 5) is 11.1. The molecule has 0 spiro atoms. The topological polar surface area (TPSA) is 55.1 Å². The van der Waals surface area contributed by atoms with Crippen LogP contribution in [0.1, 0.15) is 38.3 Å². The Morgan fingerprint density at radius 3 is 2.65 bits per heavy atom. The van der Waals surface area contributed by atoms with E-state index in [1.807, 2.05) is 22.9 Å². The van der Waals surface area contributed by atoms with E-state index in [1.54, 1.807) is 13.1 Å². The van der Waals surface area contributed by atoms with Crippen LogP contribution in [0, 0.1) is 0 Å². The Kier molecular flexibility index (Phi) is 2.88. The second kappa shape index (κ2) is 4.20. The Morgan fingerprint density at radius 1 is 1.35 bits per heavy atom. The third-order valence-electron chi connectivity index (χ3n) is 3.00. The summed E-state index contributed by atoms with van der Waals surface area (Å²) in [7, 11) is 0. The molecule has 1 N–H and O–H groups in total. The summed E-state index contributed by atoms with van der Waals surface area (Å²) in [5.41, 5.74) is 1.81. The maximum absolute atomic E-state index is 11.1. The van der Waals surface area contributed by atoms with Gasteiger partial charge in [0.2, 0.25) is 0 Å². The summed E-state index contributed by atoms with van der Waals surface area (Å²) in [6.45, 7) is 5.81. The van der Waals surface area contributed by atoms with Crippen molar-refractivity contribution >= 4 is 16.9 Å². The minimum atomic E-state index is -0.810. The highest BCUT2D eigenvalue weighted by Crippen LogP contribution is 2.27. The number of hydrogen-bond donors (Lipinski definition) is 1. The molecule has 0 radical (unpaired) electrons. The number of carboxylic acid groups (broad SMARTS) is 1. The minimum Gasteiger partial charge on any atom is -0.481 e. The van der Waals surface area contributed by atoms with E-state index < -0.39 is 11.9 Å². The molecule has 90 valence electrons. The summed E-state index contributed by atoms with van der Waals surface area (Å²) in [5, 5.41) is 14.3. The first kappa shape index (κ1) is 11.6. The molecule has 2 aromatic rings. The average Bonchev–Trinajstić information content (AvgIpc) is 2.71. The lowest BCUT2D eigenvalue weighted by atomic mass is 9.98. The molecular formula is C13H16N2O2. The van der Waals surface area contributed by atoms with E-state index in [4.69, 9.17) is 5.11 Å². The number of fused-ring (bicyclic) bond motifs is 1. The van der Waals surface area contributed by atoms with Crippen molar-refractivity contribution in [2.24, 2.45) is 0 Å². The van der Waals surface area contributed by atoms with E-state index in [9.17, 15) is 4.79 Å². The summed E-state index contributed by atoms with van der Waals surface area (Å²) in [6.07, 6.45) is 1.75. The van der Waals surface area contributed by atoms with Crippen molar-refractivity contribution < 1.29 is 9.90 Å². The van der Waals surface area contributed by atoms with Gasteiger partial charge in [-0.1, -0.05) is 12.1 Å². The molecular weight excluding hydrogens is 216 g/mol. The molecule has 0 bridgehead atoms. The molecule has 4 nitrogen and oxygen atoms in total. The molecule has 0 saturated heterocycles. The molecule has 2 rings (SSSR count). The van der Waals surface area contributed by atoms with Gasteiger partial charge < -0.3 is 5.11 Å². The van der Waals surface area contributed by atoms with Gasteiger partial charge in [-0.3, -0.25) is 9.48 Å². The molecule has 0 amide bonds. The van der Waals surface area contributed by atoms with Crippen molar-refractivity contribution in [3.63, 3.8) is 0 Å². The van der Waals surface area contributed by atoms with Gasteiger partial charge in [0, 0.05) is 11.4 Å². The molecule has 0 aliphatic rings. The highest BCUT2D eigenvalue weighted by molar-refractivity contribution is 5.88. The highest BCUT2D eigenvalue weighted by atomic mass is 16.4. The Hall–Kier alpha value is -1.84. The fraction of sp³-hybridized carbons (Fsp3) is 0.385. The molecule has 0 saturated carbocycles. The van der Waals surface area contributed by atoms with Crippen LogP contribution in [0.3, 0.4) is 0 Å². The van der Waals surface area contributed by atoms with Crippen LogP contribution in [0.2, 0.25) is 0 Å². The molecule has 0 aliphatic heterocycles. The molecule has 1 heterocycles. The monoisotopic (exact) mass is 232 g/mol. The molecule has 1 aromatic carbocycles. The quantitative estimate of drug-likeness (QED) is 0.885. The van der Waals surface area contributed by atoms with Crippen molar-refractivity contribution in [3.8, 4) is 0 Å². The molecule has 4 heteroatoms. The Labute approximate surface area is 99.9 Å². The van der Waals surface area contributed by atoms with Crippen LogP contribution in [0.4, 0.5) is 0 Å². The van der Waals surface area contributed by atoms with Crippen molar-refractivity contribution in [3.05, 3.63) is 30.0 Å². The van der Waals surface area contributed by atoms with Crippen LogP contribution >= 0.6 is 0 Å². The van der Waals surface area contributed by atoms with Crippen LogP contribution in [-0.4, -0.2) is 20.9 Å². The van der Waals surface area contributed by atoms with Crippen LogP contribution in [0.5, 0.6) is 0 Å². The van der Waals surface area contributed by atoms with Gasteiger partial charge in [-0.15, -0.1) is 0 Å². The normalized spacial score (nSPS) is 13.2. The first-order valence-corrected chi connectivity index (χ1v) is 5.71. The lowest BCUT2D eigenvalue weighted by Crippen LogP contribution is -2.08. The standard InChI is InChI=1S/C13H16N2O2/c1-8(2)15-12-6-4-5-10(9(3)13(16)17)11(12)7-14-15/h4-9H,1-3H3,(H,16,17). The Morgan fingerprint density at radius 2 is 2.06 bits per heavy atom. The zero-order chi connectivity index (χ0) is 12.6. The molecule has 1 unspecified atom stereocenters. The highest BCUT2D eigenvalue weighted by Gasteiger charge is 2.18. The molecule has 0 aliphatic carbocycles. The van der Waals surface area contributed by atoms with Gasteiger partial charge in [0.25, 0.3) is 0 Å². The van der Waals surface area contributed by atoms with E-state index in [1.165, 1.54) is 0 Å². The number of aliphatic carboxylic acids is 1. The predicted octanol–water partition coefficient (Wildman–Crippen LogP) is 2.81. The van der Waals surface area contributed by atoms with Crippen LogP contribution in [0.25, 0.3) is 10.9 Å². The third-order valence-corrected chi connectivity index (χ3v) is 3.00. The number of aromatic nitrogens is 2. The largest absolute Gasteiger partial charge is 0.481 e. The van der Waals surface area contributed by atoms with E-state index in [2.05, 4.69) is 18.9 Å². The Bertz CT molecular complexity index is 558. The number of nitrogens with zero attached hydrogens (tertiary/aromatic N) is 2. The van der Waals surface area contributed by atoms with E-state index >= 15 is 0 Å². The Balaban J connectivity index is 2.63. The fourth-order valence-electron chi connectivity index (χ4n) is 2.02. The summed E-state index contributed by atoms with van der Waals surface area (Å²) in [6, 6.07) is 5.98. The van der Waals surface area contributed by atoms with Gasteiger partial charge in [0.15, 0.2) is 0 Å². The zero-order valence-corrected chi connectivity index (χ0v) is 10.2.